The maximum absolute atomic E-state index is 2.50. The van der Waals surface area contributed by atoms with E-state index in [2.05, 4.69) is 267 Å². The van der Waals surface area contributed by atoms with E-state index in [9.17, 15) is 0 Å². The molecule has 0 amide bonds. The summed E-state index contributed by atoms with van der Waals surface area (Å²) in [5, 5.41) is 18.0. The van der Waals surface area contributed by atoms with Crippen molar-refractivity contribution in [2.24, 2.45) is 0 Å². The molecule has 2 heterocycles. The van der Waals surface area contributed by atoms with E-state index in [1.807, 2.05) is 22.7 Å². The van der Waals surface area contributed by atoms with Crippen LogP contribution in [0, 0.1) is 0 Å². The minimum Gasteiger partial charge on any atom is -0.135 e. The Morgan fingerprint density at radius 3 is 1.04 bits per heavy atom. The highest BCUT2D eigenvalue weighted by atomic mass is 32.1. The van der Waals surface area contributed by atoms with Crippen molar-refractivity contribution in [2.45, 2.75) is 0 Å². The first kappa shape index (κ1) is 43.2. The molecule has 0 N–H and O–H groups in total. The Kier molecular flexibility index (Phi) is 9.78. The number of hydrogen-bond donors (Lipinski definition) is 0. The molecule has 0 aliphatic carbocycles. The number of benzene rings is 14. The average Bonchev–Trinajstić information content (AvgIpc) is 4.20. The first-order chi connectivity index (χ1) is 37.7. The third-order valence-electron chi connectivity index (χ3n) is 16.0. The van der Waals surface area contributed by atoms with Crippen LogP contribution in [0.3, 0.4) is 0 Å². The summed E-state index contributed by atoms with van der Waals surface area (Å²) in [6.07, 6.45) is 0. The van der Waals surface area contributed by atoms with Crippen molar-refractivity contribution in [1.82, 2.24) is 0 Å². The van der Waals surface area contributed by atoms with E-state index >= 15 is 0 Å². The molecule has 0 saturated heterocycles. The Balaban J connectivity index is 0.894. The van der Waals surface area contributed by atoms with Gasteiger partial charge in [0.2, 0.25) is 0 Å². The van der Waals surface area contributed by atoms with Crippen molar-refractivity contribution >= 4 is 117 Å². The molecule has 0 aliphatic rings. The molecule has 14 aromatic carbocycles. The molecular weight excluding hydrogens is 953 g/mol. The lowest BCUT2D eigenvalue weighted by Crippen LogP contribution is -1.93. The molecule has 0 unspecified atom stereocenters. The minimum atomic E-state index is 1.20. The fourth-order valence-corrected chi connectivity index (χ4v) is 15.1. The van der Waals surface area contributed by atoms with E-state index in [0.29, 0.717) is 0 Å². The fraction of sp³-hybridized carbons (Fsp3) is 0. The molecule has 0 nitrogen and oxygen atoms in total. The molecule has 0 spiro atoms. The number of fused-ring (bicyclic) bond motifs is 13. The Morgan fingerprint density at radius 2 is 0.566 bits per heavy atom. The quantitative estimate of drug-likeness (QED) is 0.146. The van der Waals surface area contributed by atoms with Crippen LogP contribution in [0.1, 0.15) is 0 Å². The second-order valence-corrected chi connectivity index (χ2v) is 22.3. The minimum absolute atomic E-state index is 1.20. The Morgan fingerprint density at radius 1 is 0.197 bits per heavy atom. The molecule has 0 atom stereocenters. The highest BCUT2D eigenvalue weighted by Gasteiger charge is 2.24. The lowest BCUT2D eigenvalue weighted by molar-refractivity contribution is 1.58. The largest absolute Gasteiger partial charge is 0.135 e. The second kappa shape index (κ2) is 17.2. The van der Waals surface area contributed by atoms with Crippen LogP contribution in [0.5, 0.6) is 0 Å². The van der Waals surface area contributed by atoms with Crippen LogP contribution in [0.15, 0.2) is 267 Å². The molecule has 2 heteroatoms. The molecule has 0 fully saturated rings. The molecule has 0 saturated carbocycles. The zero-order valence-corrected chi connectivity index (χ0v) is 42.9. The monoisotopic (exact) mass is 996 g/mol. The van der Waals surface area contributed by atoms with Crippen LogP contribution < -0.4 is 0 Å². The lowest BCUT2D eigenvalue weighted by Gasteiger charge is -2.20. The van der Waals surface area contributed by atoms with Crippen LogP contribution in [0.25, 0.3) is 161 Å². The summed E-state index contributed by atoms with van der Waals surface area (Å²) >= 11 is 3.83. The summed E-state index contributed by atoms with van der Waals surface area (Å²) in [6.45, 7) is 0. The van der Waals surface area contributed by atoms with Gasteiger partial charge in [-0.3, -0.25) is 0 Å². The van der Waals surface area contributed by atoms with Gasteiger partial charge in [0, 0.05) is 51.3 Å². The first-order valence-corrected chi connectivity index (χ1v) is 27.8. The van der Waals surface area contributed by atoms with Gasteiger partial charge >= 0.3 is 0 Å². The maximum atomic E-state index is 2.50. The Labute approximate surface area is 447 Å². The van der Waals surface area contributed by atoms with Gasteiger partial charge in [0.1, 0.15) is 0 Å². The topological polar surface area (TPSA) is 0 Å². The fourth-order valence-electron chi connectivity index (χ4n) is 12.8. The summed E-state index contributed by atoms with van der Waals surface area (Å²) in [5.41, 5.74) is 14.8. The van der Waals surface area contributed by atoms with E-state index in [1.165, 1.54) is 161 Å². The molecule has 0 aliphatic heterocycles. The van der Waals surface area contributed by atoms with E-state index in [-0.39, 0.29) is 0 Å². The molecule has 352 valence electrons. The molecule has 16 aromatic rings. The third kappa shape index (κ3) is 6.61. The molecule has 2 aromatic heterocycles. The SMILES string of the molecule is c1ccc(-c2cc(-c3ccccc3)cc(-c3c4ccccc4c(-c4ccc(-c5c6ccccc6c(-c6cc7ccc8sc9ccccc9c8c7c7c6sc6ccccc67)c6ccccc56)cc4)c4ccccc34)c2)cc1. The van der Waals surface area contributed by atoms with Crippen molar-refractivity contribution in [2.75, 3.05) is 0 Å². The van der Waals surface area contributed by atoms with Crippen LogP contribution in [-0.4, -0.2) is 0 Å². The van der Waals surface area contributed by atoms with Crippen LogP contribution >= 0.6 is 22.7 Å². The molecule has 0 bridgehead atoms. The van der Waals surface area contributed by atoms with E-state index in [4.69, 9.17) is 0 Å². The number of rotatable bonds is 6. The highest BCUT2D eigenvalue weighted by Crippen LogP contribution is 2.53. The maximum Gasteiger partial charge on any atom is 0.0440 e. The Bertz CT molecular complexity index is 4850. The van der Waals surface area contributed by atoms with Crippen LogP contribution in [-0.2, 0) is 0 Å². The van der Waals surface area contributed by atoms with Crippen molar-refractivity contribution < 1.29 is 0 Å². The Hall–Kier alpha value is -9.18. The van der Waals surface area contributed by atoms with Gasteiger partial charge in [-0.2, -0.15) is 0 Å². The van der Waals surface area contributed by atoms with Gasteiger partial charge in [0.05, 0.1) is 0 Å². The van der Waals surface area contributed by atoms with Gasteiger partial charge in [-0.15, -0.1) is 22.7 Å². The van der Waals surface area contributed by atoms with Gasteiger partial charge in [-0.1, -0.05) is 224 Å². The van der Waals surface area contributed by atoms with E-state index < -0.39 is 0 Å². The zero-order chi connectivity index (χ0) is 49.8. The smallest absolute Gasteiger partial charge is 0.0440 e. The van der Waals surface area contributed by atoms with E-state index in [1.54, 1.807) is 0 Å². The van der Waals surface area contributed by atoms with Gasteiger partial charge < -0.3 is 0 Å². The molecular formula is C74H44S2. The summed E-state index contributed by atoms with van der Waals surface area (Å²) in [5.74, 6) is 0. The van der Waals surface area contributed by atoms with Crippen LogP contribution in [0.2, 0.25) is 0 Å². The summed E-state index contributed by atoms with van der Waals surface area (Å²) in [6, 6.07) is 99.7. The number of thiophene rings is 2. The highest BCUT2D eigenvalue weighted by molar-refractivity contribution is 7.27. The second-order valence-electron chi connectivity index (χ2n) is 20.2. The zero-order valence-electron chi connectivity index (χ0n) is 41.2. The van der Waals surface area contributed by atoms with Crippen molar-refractivity contribution in [1.29, 1.82) is 0 Å². The van der Waals surface area contributed by atoms with Gasteiger partial charge in [0.15, 0.2) is 0 Å². The van der Waals surface area contributed by atoms with Crippen molar-refractivity contribution in [3.63, 3.8) is 0 Å². The lowest BCUT2D eigenvalue weighted by atomic mass is 9.83. The summed E-state index contributed by atoms with van der Waals surface area (Å²) in [4.78, 5) is 0. The van der Waals surface area contributed by atoms with Gasteiger partial charge in [0.25, 0.3) is 0 Å². The molecule has 0 radical (unpaired) electrons. The number of hydrogen-bond acceptors (Lipinski definition) is 2. The van der Waals surface area contributed by atoms with Crippen molar-refractivity contribution in [3.8, 4) is 66.8 Å². The molecule has 76 heavy (non-hydrogen) atoms. The van der Waals surface area contributed by atoms with Gasteiger partial charge in [-0.05, 0) is 152 Å². The predicted octanol–water partition coefficient (Wildman–Crippen LogP) is 22.2. The third-order valence-corrected chi connectivity index (χ3v) is 18.3. The summed E-state index contributed by atoms with van der Waals surface area (Å²) in [7, 11) is 0. The normalized spacial score (nSPS) is 11.9. The standard InChI is InChI=1S/C74H44S2/c1-3-19-45(20-4-1)50-41-51(46-21-5-2-6-22-46)43-52(42-50)69-55-25-9-7-23-53(55)67(54-24-8-10-26-56(54)69)47-35-37-48(38-36-47)68-57-27-11-13-29-59(57)71(60-30-14-12-28-58(60)68)63-44-49-39-40-66-72(61-31-15-17-33-64(61)75-66)70(49)73-62-32-16-18-34-65(62)76-74(63)73/h1-44H. The average molecular weight is 997 g/mol. The van der Waals surface area contributed by atoms with Crippen molar-refractivity contribution in [3.05, 3.63) is 267 Å². The van der Waals surface area contributed by atoms with E-state index in [0.717, 1.165) is 0 Å². The predicted molar refractivity (Wildman–Crippen MR) is 332 cm³/mol. The van der Waals surface area contributed by atoms with Gasteiger partial charge in [-0.25, -0.2) is 0 Å². The first-order valence-electron chi connectivity index (χ1n) is 26.1. The summed E-state index contributed by atoms with van der Waals surface area (Å²) < 4.78 is 5.33. The van der Waals surface area contributed by atoms with Crippen LogP contribution in [0.4, 0.5) is 0 Å². The molecule has 16 rings (SSSR count).